The van der Waals surface area contributed by atoms with E-state index in [-0.39, 0.29) is 24.0 Å². The van der Waals surface area contributed by atoms with Crippen molar-refractivity contribution in [1.29, 1.82) is 0 Å². The molecule has 2 aromatic rings. The second kappa shape index (κ2) is 9.81. The van der Waals surface area contributed by atoms with Crippen molar-refractivity contribution >= 4 is 18.4 Å². The minimum absolute atomic E-state index is 0. The van der Waals surface area contributed by atoms with Crippen LogP contribution in [0.3, 0.4) is 0 Å². The summed E-state index contributed by atoms with van der Waals surface area (Å²) in [6.07, 6.45) is 7.28. The molecule has 0 N–H and O–H groups in total. The first-order valence-corrected chi connectivity index (χ1v) is 10.4. The molecule has 1 aromatic carbocycles. The number of nitrogens with zero attached hydrogens (tertiary/aromatic N) is 4. The maximum absolute atomic E-state index is 12.8. The second-order valence-electron chi connectivity index (χ2n) is 8.44. The molecule has 1 amide bonds. The van der Waals surface area contributed by atoms with Gasteiger partial charge in [0, 0.05) is 18.3 Å². The van der Waals surface area contributed by atoms with Crippen LogP contribution in [-0.2, 0) is 4.74 Å². The summed E-state index contributed by atoms with van der Waals surface area (Å²) >= 11 is 0. The van der Waals surface area contributed by atoms with Crippen LogP contribution in [0.5, 0.6) is 5.75 Å². The van der Waals surface area contributed by atoms with Crippen molar-refractivity contribution in [3.63, 3.8) is 0 Å². The number of hydrogen-bond donors (Lipinski definition) is 0. The Morgan fingerprint density at radius 1 is 1.17 bits per heavy atom. The Morgan fingerprint density at radius 2 is 1.90 bits per heavy atom. The molecule has 8 heteroatoms. The Morgan fingerprint density at radius 3 is 2.57 bits per heavy atom. The highest BCUT2D eigenvalue weighted by Crippen LogP contribution is 2.24. The van der Waals surface area contributed by atoms with Crippen molar-refractivity contribution in [3.8, 4) is 17.0 Å². The lowest BCUT2D eigenvalue weighted by atomic mass is 10.1. The number of rotatable bonds is 5. The monoisotopic (exact) mass is 434 g/mol. The molecule has 2 aliphatic heterocycles. The van der Waals surface area contributed by atoms with Gasteiger partial charge in [0.1, 0.15) is 25.4 Å². The predicted octanol–water partition coefficient (Wildman–Crippen LogP) is 3.87. The molecule has 4 rings (SSSR count). The van der Waals surface area contributed by atoms with Gasteiger partial charge >= 0.3 is 6.03 Å². The fraction of sp³-hybridized carbons (Fsp3) is 0.545. The summed E-state index contributed by atoms with van der Waals surface area (Å²) in [6, 6.07) is 7.77. The standard InChI is InChI=1S/C22H30N4O3.ClH/c1-22(2)15-28-17-26(22)21(27)25-14-20(23-16-25)18-6-8-19(9-7-18)29-13-12-24-10-4-3-5-11-24;/h6-9,14,16H,3-5,10-13,15,17H2,1-2H3;1H. The average molecular weight is 435 g/mol. The Bertz CT molecular complexity index is 831. The normalized spacial score (nSPS) is 18.8. The molecule has 2 fully saturated rings. The molecule has 0 bridgehead atoms. The zero-order chi connectivity index (χ0) is 20.3. The maximum atomic E-state index is 12.8. The second-order valence-corrected chi connectivity index (χ2v) is 8.44. The van der Waals surface area contributed by atoms with Gasteiger partial charge in [-0.2, -0.15) is 0 Å². The zero-order valence-electron chi connectivity index (χ0n) is 17.7. The number of amides is 1. The molecule has 2 aliphatic rings. The average Bonchev–Trinajstić information content (AvgIpc) is 3.35. The summed E-state index contributed by atoms with van der Waals surface area (Å²) in [5, 5.41) is 0. The molecule has 0 atom stereocenters. The molecule has 0 spiro atoms. The number of halogens is 1. The smallest absolute Gasteiger partial charge is 0.331 e. The van der Waals surface area contributed by atoms with Gasteiger partial charge in [-0.3, -0.25) is 14.4 Å². The SMILES string of the molecule is CC1(C)COCN1C(=O)n1cnc(-c2ccc(OCCN3CCCCC3)cc2)c1.Cl. The van der Waals surface area contributed by atoms with Crippen LogP contribution in [0.1, 0.15) is 33.1 Å². The maximum Gasteiger partial charge on any atom is 0.331 e. The molecular formula is C22H31ClN4O3. The van der Waals surface area contributed by atoms with Crippen LogP contribution in [0, 0.1) is 0 Å². The molecule has 0 aliphatic carbocycles. The number of benzene rings is 1. The fourth-order valence-corrected chi connectivity index (χ4v) is 3.87. The Labute approximate surface area is 184 Å². The third-order valence-corrected chi connectivity index (χ3v) is 5.72. The van der Waals surface area contributed by atoms with Gasteiger partial charge in [-0.25, -0.2) is 9.78 Å². The Kier molecular flexibility index (Phi) is 7.39. The van der Waals surface area contributed by atoms with Gasteiger partial charge in [-0.1, -0.05) is 6.42 Å². The molecule has 1 aromatic heterocycles. The highest BCUT2D eigenvalue weighted by atomic mass is 35.5. The highest BCUT2D eigenvalue weighted by Gasteiger charge is 2.37. The summed E-state index contributed by atoms with van der Waals surface area (Å²) in [6.45, 7) is 8.90. The Hall–Kier alpha value is -2.09. The van der Waals surface area contributed by atoms with E-state index in [2.05, 4.69) is 9.88 Å². The summed E-state index contributed by atoms with van der Waals surface area (Å²) in [5.41, 5.74) is 1.40. The number of carbonyl (C=O) groups excluding carboxylic acids is 1. The zero-order valence-corrected chi connectivity index (χ0v) is 18.6. The lowest BCUT2D eigenvalue weighted by Gasteiger charge is -2.28. The number of likely N-dealkylation sites (tertiary alicyclic amines) is 1. The van der Waals surface area contributed by atoms with Crippen LogP contribution < -0.4 is 4.74 Å². The molecule has 3 heterocycles. The number of carbonyl (C=O) groups is 1. The quantitative estimate of drug-likeness (QED) is 0.714. The first kappa shape index (κ1) is 22.6. The van der Waals surface area contributed by atoms with Gasteiger partial charge in [0.05, 0.1) is 17.8 Å². The first-order chi connectivity index (χ1) is 14.0. The predicted molar refractivity (Wildman–Crippen MR) is 118 cm³/mol. The Balaban J connectivity index is 0.00000256. The summed E-state index contributed by atoms with van der Waals surface area (Å²) in [7, 11) is 0. The van der Waals surface area contributed by atoms with Crippen LogP contribution in [0.2, 0.25) is 0 Å². The highest BCUT2D eigenvalue weighted by molar-refractivity contribution is 5.85. The van der Waals surface area contributed by atoms with Crippen LogP contribution in [-0.4, -0.2) is 70.5 Å². The minimum Gasteiger partial charge on any atom is -0.492 e. The van der Waals surface area contributed by atoms with Gasteiger partial charge in [-0.05, 0) is 64.0 Å². The van der Waals surface area contributed by atoms with Crippen LogP contribution in [0.4, 0.5) is 4.79 Å². The number of piperidine rings is 1. The van der Waals surface area contributed by atoms with Crippen molar-refractivity contribution in [1.82, 2.24) is 19.4 Å². The van der Waals surface area contributed by atoms with Crippen molar-refractivity contribution in [2.75, 3.05) is 39.6 Å². The number of ether oxygens (including phenoxy) is 2. The number of imidazole rings is 1. The van der Waals surface area contributed by atoms with Crippen LogP contribution >= 0.6 is 12.4 Å². The lowest BCUT2D eigenvalue weighted by Crippen LogP contribution is -2.45. The topological polar surface area (TPSA) is 59.8 Å². The van der Waals surface area contributed by atoms with Crippen LogP contribution in [0.15, 0.2) is 36.8 Å². The summed E-state index contributed by atoms with van der Waals surface area (Å²) in [5.74, 6) is 0.859. The van der Waals surface area contributed by atoms with E-state index in [9.17, 15) is 4.79 Å². The first-order valence-electron chi connectivity index (χ1n) is 10.4. The number of aromatic nitrogens is 2. The molecule has 0 unspecified atom stereocenters. The van der Waals surface area contributed by atoms with E-state index >= 15 is 0 Å². The lowest BCUT2D eigenvalue weighted by molar-refractivity contribution is 0.140. The minimum atomic E-state index is -0.311. The van der Waals surface area contributed by atoms with Crippen molar-refractivity contribution in [2.45, 2.75) is 38.6 Å². The van der Waals surface area contributed by atoms with E-state index in [1.54, 1.807) is 17.4 Å². The van der Waals surface area contributed by atoms with Gasteiger partial charge in [0.15, 0.2) is 0 Å². The fourth-order valence-electron chi connectivity index (χ4n) is 3.87. The molecule has 0 saturated carbocycles. The van der Waals surface area contributed by atoms with E-state index in [1.807, 2.05) is 38.1 Å². The van der Waals surface area contributed by atoms with Crippen molar-refractivity contribution in [3.05, 3.63) is 36.8 Å². The molecule has 0 radical (unpaired) electrons. The molecule has 30 heavy (non-hydrogen) atoms. The molecule has 7 nitrogen and oxygen atoms in total. The van der Waals surface area contributed by atoms with Crippen molar-refractivity contribution in [2.24, 2.45) is 0 Å². The largest absolute Gasteiger partial charge is 0.492 e. The summed E-state index contributed by atoms with van der Waals surface area (Å²) in [4.78, 5) is 21.3. The third kappa shape index (κ3) is 5.14. The molecule has 2 saturated heterocycles. The molecule has 164 valence electrons. The van der Waals surface area contributed by atoms with E-state index in [1.165, 1.54) is 36.9 Å². The van der Waals surface area contributed by atoms with E-state index in [0.29, 0.717) is 19.9 Å². The third-order valence-electron chi connectivity index (χ3n) is 5.72. The van der Waals surface area contributed by atoms with Crippen molar-refractivity contribution < 1.29 is 14.3 Å². The van der Waals surface area contributed by atoms with Gasteiger partial charge in [0.25, 0.3) is 0 Å². The summed E-state index contributed by atoms with van der Waals surface area (Å²) < 4.78 is 12.9. The van der Waals surface area contributed by atoms with Crippen LogP contribution in [0.25, 0.3) is 11.3 Å². The van der Waals surface area contributed by atoms with E-state index in [0.717, 1.165) is 23.6 Å². The van der Waals surface area contributed by atoms with Gasteiger partial charge < -0.3 is 9.47 Å². The van der Waals surface area contributed by atoms with E-state index < -0.39 is 0 Å². The van der Waals surface area contributed by atoms with Gasteiger partial charge in [0.2, 0.25) is 0 Å². The number of hydrogen-bond acceptors (Lipinski definition) is 5. The van der Waals surface area contributed by atoms with E-state index in [4.69, 9.17) is 9.47 Å². The van der Waals surface area contributed by atoms with Gasteiger partial charge in [-0.15, -0.1) is 12.4 Å². The molecular weight excluding hydrogens is 404 g/mol.